The highest BCUT2D eigenvalue weighted by Crippen LogP contribution is 2.28. The third kappa shape index (κ3) is 3.20. The van der Waals surface area contributed by atoms with Crippen LogP contribution in [0.5, 0.6) is 0 Å². The van der Waals surface area contributed by atoms with Crippen LogP contribution in [0.4, 0.5) is 4.39 Å². The van der Waals surface area contributed by atoms with Crippen LogP contribution in [0.15, 0.2) is 48.8 Å². The second-order valence-corrected chi connectivity index (χ2v) is 6.68. The number of nitrogens with one attached hydrogen (secondary N) is 1. The van der Waals surface area contributed by atoms with E-state index in [0.29, 0.717) is 19.6 Å². The number of hydrogen-bond acceptors (Lipinski definition) is 3. The molecule has 0 saturated heterocycles. The van der Waals surface area contributed by atoms with E-state index in [1.54, 1.807) is 24.1 Å². The van der Waals surface area contributed by atoms with Gasteiger partial charge in [0.25, 0.3) is 0 Å². The molecular formula is C20H21FN4O. The van der Waals surface area contributed by atoms with Gasteiger partial charge in [-0.25, -0.2) is 9.37 Å². The average molecular weight is 352 g/mol. The van der Waals surface area contributed by atoms with Gasteiger partial charge in [-0.1, -0.05) is 12.1 Å². The maximum Gasteiger partial charge on any atom is 0.219 e. The van der Waals surface area contributed by atoms with Gasteiger partial charge in [-0.05, 0) is 41.8 Å². The number of halogens is 1. The Morgan fingerprint density at radius 1 is 1.35 bits per heavy atom. The topological polar surface area (TPSA) is 49.6 Å². The Labute approximate surface area is 151 Å². The average Bonchev–Trinajstić information content (AvgIpc) is 3.03. The zero-order valence-corrected chi connectivity index (χ0v) is 14.7. The molecule has 134 valence electrons. The van der Waals surface area contributed by atoms with E-state index in [1.807, 2.05) is 24.4 Å². The molecule has 1 amide bonds. The van der Waals surface area contributed by atoms with E-state index in [0.717, 1.165) is 28.9 Å². The van der Waals surface area contributed by atoms with E-state index in [4.69, 9.17) is 0 Å². The molecule has 1 aromatic carbocycles. The highest BCUT2D eigenvalue weighted by Gasteiger charge is 2.24. The first kappa shape index (κ1) is 16.7. The van der Waals surface area contributed by atoms with Crippen LogP contribution < -0.4 is 5.32 Å². The SMILES string of the molecule is CC(=O)N1CCC(NCc2cccc3nccn23)c2ccc(F)cc2C1. The van der Waals surface area contributed by atoms with E-state index in [2.05, 4.69) is 20.8 Å². The number of imidazole rings is 1. The van der Waals surface area contributed by atoms with E-state index >= 15 is 0 Å². The Morgan fingerprint density at radius 2 is 2.23 bits per heavy atom. The van der Waals surface area contributed by atoms with Crippen molar-refractivity contribution < 1.29 is 9.18 Å². The van der Waals surface area contributed by atoms with Crippen LogP contribution in [0.1, 0.15) is 36.2 Å². The van der Waals surface area contributed by atoms with E-state index in [9.17, 15) is 9.18 Å². The van der Waals surface area contributed by atoms with Crippen LogP contribution in [0.3, 0.4) is 0 Å². The van der Waals surface area contributed by atoms with Crippen molar-refractivity contribution in [3.63, 3.8) is 0 Å². The molecule has 0 spiro atoms. The third-order valence-corrected chi connectivity index (χ3v) is 5.02. The Hall–Kier alpha value is -2.73. The molecule has 3 aromatic rings. The summed E-state index contributed by atoms with van der Waals surface area (Å²) in [5, 5.41) is 3.59. The molecule has 0 bridgehead atoms. The highest BCUT2D eigenvalue weighted by molar-refractivity contribution is 5.73. The number of carbonyl (C=O) groups is 1. The van der Waals surface area contributed by atoms with E-state index in [1.165, 1.54) is 6.07 Å². The first-order valence-electron chi connectivity index (χ1n) is 8.80. The molecule has 26 heavy (non-hydrogen) atoms. The zero-order valence-electron chi connectivity index (χ0n) is 14.7. The molecule has 0 saturated carbocycles. The van der Waals surface area contributed by atoms with Crippen molar-refractivity contribution in [1.29, 1.82) is 0 Å². The van der Waals surface area contributed by atoms with E-state index < -0.39 is 0 Å². The number of hydrogen-bond donors (Lipinski definition) is 1. The summed E-state index contributed by atoms with van der Waals surface area (Å²) in [4.78, 5) is 17.9. The molecule has 1 unspecified atom stereocenters. The number of pyridine rings is 1. The molecule has 1 atom stereocenters. The summed E-state index contributed by atoms with van der Waals surface area (Å²) >= 11 is 0. The van der Waals surface area contributed by atoms with Crippen LogP contribution in [0.2, 0.25) is 0 Å². The van der Waals surface area contributed by atoms with Crippen molar-refractivity contribution in [3.8, 4) is 0 Å². The fraction of sp³-hybridized carbons (Fsp3) is 0.300. The molecule has 0 fully saturated rings. The molecule has 0 radical (unpaired) electrons. The van der Waals surface area contributed by atoms with Crippen LogP contribution in [0, 0.1) is 5.82 Å². The normalized spacial score (nSPS) is 17.2. The monoisotopic (exact) mass is 352 g/mol. The van der Waals surface area contributed by atoms with Crippen LogP contribution in [-0.4, -0.2) is 26.7 Å². The lowest BCUT2D eigenvalue weighted by Gasteiger charge is -2.20. The van der Waals surface area contributed by atoms with Gasteiger partial charge in [-0.3, -0.25) is 4.79 Å². The van der Waals surface area contributed by atoms with Gasteiger partial charge in [0.2, 0.25) is 5.91 Å². The van der Waals surface area contributed by atoms with Gasteiger partial charge >= 0.3 is 0 Å². The van der Waals surface area contributed by atoms with E-state index in [-0.39, 0.29) is 17.8 Å². The lowest BCUT2D eigenvalue weighted by atomic mass is 9.99. The van der Waals surface area contributed by atoms with Crippen molar-refractivity contribution in [3.05, 3.63) is 71.4 Å². The summed E-state index contributed by atoms with van der Waals surface area (Å²) in [5.41, 5.74) is 3.95. The molecule has 2 aromatic heterocycles. The lowest BCUT2D eigenvalue weighted by Crippen LogP contribution is -2.29. The van der Waals surface area contributed by atoms with Crippen molar-refractivity contribution >= 4 is 11.6 Å². The number of aromatic nitrogens is 2. The van der Waals surface area contributed by atoms with Crippen molar-refractivity contribution in [2.75, 3.05) is 6.54 Å². The van der Waals surface area contributed by atoms with Gasteiger partial charge in [-0.15, -0.1) is 0 Å². The van der Waals surface area contributed by atoms with Gasteiger partial charge < -0.3 is 14.6 Å². The maximum absolute atomic E-state index is 13.7. The summed E-state index contributed by atoms with van der Waals surface area (Å²) < 4.78 is 15.8. The van der Waals surface area contributed by atoms with Gasteiger partial charge in [-0.2, -0.15) is 0 Å². The summed E-state index contributed by atoms with van der Waals surface area (Å²) in [7, 11) is 0. The standard InChI is InChI=1S/C20H21FN4O/c1-14(26)24-9-7-19(18-6-5-16(21)11-15(18)13-24)23-12-17-3-2-4-20-22-8-10-25(17)20/h2-6,8,10-11,19,23H,7,9,12-13H2,1H3. The smallest absolute Gasteiger partial charge is 0.219 e. The Kier molecular flexibility index (Phi) is 4.42. The number of fused-ring (bicyclic) bond motifs is 2. The molecule has 1 N–H and O–H groups in total. The molecule has 3 heterocycles. The summed E-state index contributed by atoms with van der Waals surface area (Å²) in [6, 6.07) is 11.0. The molecular weight excluding hydrogens is 331 g/mol. The van der Waals surface area contributed by atoms with Crippen molar-refractivity contribution in [1.82, 2.24) is 19.6 Å². The largest absolute Gasteiger partial charge is 0.339 e. The van der Waals surface area contributed by atoms with Crippen LogP contribution in [0.25, 0.3) is 5.65 Å². The second kappa shape index (κ2) is 6.88. The summed E-state index contributed by atoms with van der Waals surface area (Å²) in [6.45, 7) is 3.33. The number of amides is 1. The van der Waals surface area contributed by atoms with Gasteiger partial charge in [0, 0.05) is 50.7 Å². The fourth-order valence-corrected chi connectivity index (χ4v) is 3.64. The molecule has 5 nitrogen and oxygen atoms in total. The molecule has 0 aliphatic carbocycles. The van der Waals surface area contributed by atoms with Crippen LogP contribution >= 0.6 is 0 Å². The lowest BCUT2D eigenvalue weighted by molar-refractivity contribution is -0.129. The molecule has 4 rings (SSSR count). The minimum absolute atomic E-state index is 0.0176. The maximum atomic E-state index is 13.7. The predicted molar refractivity (Wildman–Crippen MR) is 96.9 cm³/mol. The zero-order chi connectivity index (χ0) is 18.1. The Bertz CT molecular complexity index is 952. The van der Waals surface area contributed by atoms with Gasteiger partial charge in [0.15, 0.2) is 0 Å². The number of benzene rings is 1. The number of nitrogens with zero attached hydrogens (tertiary/aromatic N) is 3. The Morgan fingerprint density at radius 3 is 3.08 bits per heavy atom. The molecule has 6 heteroatoms. The first-order valence-corrected chi connectivity index (χ1v) is 8.80. The van der Waals surface area contributed by atoms with Crippen molar-refractivity contribution in [2.24, 2.45) is 0 Å². The predicted octanol–water partition coefficient (Wildman–Crippen LogP) is 3.06. The van der Waals surface area contributed by atoms with Crippen LogP contribution in [-0.2, 0) is 17.9 Å². The van der Waals surface area contributed by atoms with Gasteiger partial charge in [0.1, 0.15) is 11.5 Å². The number of carbonyl (C=O) groups excluding carboxylic acids is 1. The second-order valence-electron chi connectivity index (χ2n) is 6.68. The quantitative estimate of drug-likeness (QED) is 0.788. The molecule has 1 aliphatic heterocycles. The summed E-state index contributed by atoms with van der Waals surface area (Å²) in [5.74, 6) is -0.250. The molecule has 1 aliphatic rings. The fourth-order valence-electron chi connectivity index (χ4n) is 3.64. The van der Waals surface area contributed by atoms with Crippen molar-refractivity contribution in [2.45, 2.75) is 32.5 Å². The van der Waals surface area contributed by atoms with Gasteiger partial charge in [0.05, 0.1) is 0 Å². The third-order valence-electron chi connectivity index (χ3n) is 5.02. The summed E-state index contributed by atoms with van der Waals surface area (Å²) in [6.07, 6.45) is 4.52. The minimum atomic E-state index is -0.268. The Balaban J connectivity index is 1.60. The number of rotatable bonds is 3. The minimum Gasteiger partial charge on any atom is -0.339 e. The highest BCUT2D eigenvalue weighted by atomic mass is 19.1. The first-order chi connectivity index (χ1) is 12.6.